The third-order valence-corrected chi connectivity index (χ3v) is 7.17. The van der Waals surface area contributed by atoms with Gasteiger partial charge in [0, 0.05) is 21.8 Å². The summed E-state index contributed by atoms with van der Waals surface area (Å²) in [5.41, 5.74) is 3.81. The number of anilines is 2. The highest BCUT2D eigenvalue weighted by Gasteiger charge is 2.36. The first kappa shape index (κ1) is 20.7. The summed E-state index contributed by atoms with van der Waals surface area (Å²) in [6.07, 6.45) is 0.350. The van der Waals surface area contributed by atoms with Crippen molar-refractivity contribution < 1.29 is 9.59 Å². The first-order valence-electron chi connectivity index (χ1n) is 9.98. The smallest absolute Gasteiger partial charge is 0.238 e. The van der Waals surface area contributed by atoms with E-state index in [9.17, 15) is 9.59 Å². The topological polar surface area (TPSA) is 49.4 Å². The highest BCUT2D eigenvalue weighted by molar-refractivity contribution is 8.00. The van der Waals surface area contributed by atoms with E-state index in [0.29, 0.717) is 18.1 Å². The summed E-state index contributed by atoms with van der Waals surface area (Å²) in [7, 11) is 0. The Kier molecular flexibility index (Phi) is 6.25. The molecule has 3 aromatic rings. The molecule has 2 amide bonds. The van der Waals surface area contributed by atoms with Crippen LogP contribution in [0.2, 0.25) is 0 Å². The standard InChI is InChI=1S/C24H24N2O2S2/c1-16(2)18-9-4-6-12-21(18)26-23(28)15-30-24(26)19-10-3-5-11-20(19)25-22(27)14-17-8-7-13-29-17/h3-13,16,24H,14-15H2,1-2H3,(H,25,27)/t24-/m0/s1. The van der Waals surface area contributed by atoms with Gasteiger partial charge in [-0.3, -0.25) is 14.5 Å². The Bertz CT molecular complexity index is 1050. The van der Waals surface area contributed by atoms with Gasteiger partial charge in [-0.1, -0.05) is 56.3 Å². The summed E-state index contributed by atoms with van der Waals surface area (Å²) in [6, 6.07) is 19.8. The number of para-hydroxylation sites is 2. The molecule has 4 rings (SSSR count). The maximum atomic E-state index is 12.9. The molecule has 1 fully saturated rings. The third kappa shape index (κ3) is 4.30. The lowest BCUT2D eigenvalue weighted by atomic mass is 10.00. The summed E-state index contributed by atoms with van der Waals surface area (Å²) in [5.74, 6) is 0.779. The molecule has 0 unspecified atom stereocenters. The largest absolute Gasteiger partial charge is 0.325 e. The molecule has 1 N–H and O–H groups in total. The van der Waals surface area contributed by atoms with Crippen LogP contribution in [-0.4, -0.2) is 17.6 Å². The summed E-state index contributed by atoms with van der Waals surface area (Å²) in [5, 5.41) is 4.87. The summed E-state index contributed by atoms with van der Waals surface area (Å²) in [6.45, 7) is 4.28. The highest BCUT2D eigenvalue weighted by Crippen LogP contribution is 2.46. The fourth-order valence-corrected chi connectivity index (χ4v) is 5.61. The zero-order valence-corrected chi connectivity index (χ0v) is 18.6. The lowest BCUT2D eigenvalue weighted by molar-refractivity contribution is -0.116. The first-order valence-corrected chi connectivity index (χ1v) is 11.9. The van der Waals surface area contributed by atoms with Crippen LogP contribution in [0.3, 0.4) is 0 Å². The second-order valence-corrected chi connectivity index (χ2v) is 9.63. The van der Waals surface area contributed by atoms with E-state index >= 15 is 0 Å². The number of carbonyl (C=O) groups excluding carboxylic acids is 2. The zero-order valence-electron chi connectivity index (χ0n) is 17.0. The highest BCUT2D eigenvalue weighted by atomic mass is 32.2. The minimum Gasteiger partial charge on any atom is -0.325 e. The number of nitrogens with one attached hydrogen (secondary N) is 1. The van der Waals surface area contributed by atoms with Gasteiger partial charge in [0.25, 0.3) is 0 Å². The quantitative estimate of drug-likeness (QED) is 0.529. The molecule has 0 spiro atoms. The van der Waals surface area contributed by atoms with Gasteiger partial charge < -0.3 is 5.32 Å². The van der Waals surface area contributed by atoms with Gasteiger partial charge in [-0.15, -0.1) is 23.1 Å². The van der Waals surface area contributed by atoms with Crippen LogP contribution < -0.4 is 10.2 Å². The summed E-state index contributed by atoms with van der Waals surface area (Å²) >= 11 is 3.18. The van der Waals surface area contributed by atoms with Crippen LogP contribution in [0.1, 0.15) is 41.1 Å². The summed E-state index contributed by atoms with van der Waals surface area (Å²) < 4.78 is 0. The number of nitrogens with zero attached hydrogens (tertiary/aromatic N) is 1. The SMILES string of the molecule is CC(C)c1ccccc1N1C(=O)CS[C@H]1c1ccccc1NC(=O)Cc1cccs1. The number of carbonyl (C=O) groups is 2. The predicted molar refractivity (Wildman–Crippen MR) is 126 cm³/mol. The van der Waals surface area contributed by atoms with Crippen molar-refractivity contribution in [2.24, 2.45) is 0 Å². The van der Waals surface area contributed by atoms with Crippen molar-refractivity contribution in [3.8, 4) is 0 Å². The van der Waals surface area contributed by atoms with Crippen molar-refractivity contribution in [2.45, 2.75) is 31.6 Å². The molecule has 6 heteroatoms. The maximum Gasteiger partial charge on any atom is 0.238 e. The Hall–Kier alpha value is -2.57. The predicted octanol–water partition coefficient (Wildman–Crippen LogP) is 5.83. The van der Waals surface area contributed by atoms with Crippen LogP contribution in [0.4, 0.5) is 11.4 Å². The Morgan fingerprint density at radius 2 is 1.87 bits per heavy atom. The maximum absolute atomic E-state index is 12.9. The van der Waals surface area contributed by atoms with Gasteiger partial charge in [-0.05, 0) is 35.1 Å². The van der Waals surface area contributed by atoms with E-state index in [1.165, 1.54) is 0 Å². The fraction of sp³-hybridized carbons (Fsp3) is 0.250. The Morgan fingerprint density at radius 3 is 2.63 bits per heavy atom. The average molecular weight is 437 g/mol. The molecule has 1 aromatic heterocycles. The summed E-state index contributed by atoms with van der Waals surface area (Å²) in [4.78, 5) is 28.4. The van der Waals surface area contributed by atoms with Crippen molar-refractivity contribution in [2.75, 3.05) is 16.0 Å². The zero-order chi connectivity index (χ0) is 21.1. The van der Waals surface area contributed by atoms with Crippen LogP contribution >= 0.6 is 23.1 Å². The number of thioether (sulfide) groups is 1. The Balaban J connectivity index is 1.65. The van der Waals surface area contributed by atoms with Crippen molar-refractivity contribution in [1.82, 2.24) is 0 Å². The molecule has 0 bridgehead atoms. The lowest BCUT2D eigenvalue weighted by Crippen LogP contribution is -2.29. The molecule has 1 aliphatic rings. The number of benzene rings is 2. The van der Waals surface area contributed by atoms with Crippen LogP contribution in [-0.2, 0) is 16.0 Å². The Labute approximate surface area is 185 Å². The van der Waals surface area contributed by atoms with Crippen LogP contribution in [0.5, 0.6) is 0 Å². The second kappa shape index (κ2) is 9.06. The molecule has 2 heterocycles. The molecule has 4 nitrogen and oxygen atoms in total. The monoisotopic (exact) mass is 436 g/mol. The Morgan fingerprint density at radius 1 is 1.10 bits per heavy atom. The van der Waals surface area contributed by atoms with Crippen molar-refractivity contribution >= 4 is 46.3 Å². The van der Waals surface area contributed by atoms with Crippen molar-refractivity contribution in [3.05, 3.63) is 82.0 Å². The van der Waals surface area contributed by atoms with E-state index in [-0.39, 0.29) is 17.2 Å². The van der Waals surface area contributed by atoms with Crippen LogP contribution in [0.25, 0.3) is 0 Å². The molecule has 0 aliphatic carbocycles. The average Bonchev–Trinajstić information content (AvgIpc) is 3.38. The van der Waals surface area contributed by atoms with E-state index in [4.69, 9.17) is 0 Å². The normalized spacial score (nSPS) is 16.3. The number of rotatable bonds is 6. The molecule has 0 radical (unpaired) electrons. The molecule has 1 atom stereocenters. The molecule has 154 valence electrons. The van der Waals surface area contributed by atoms with Crippen molar-refractivity contribution in [3.63, 3.8) is 0 Å². The van der Waals surface area contributed by atoms with E-state index in [1.54, 1.807) is 23.1 Å². The number of amides is 2. The second-order valence-electron chi connectivity index (χ2n) is 7.53. The number of hydrogen-bond donors (Lipinski definition) is 1. The lowest BCUT2D eigenvalue weighted by Gasteiger charge is -2.29. The van der Waals surface area contributed by atoms with E-state index in [1.807, 2.05) is 64.9 Å². The van der Waals surface area contributed by atoms with Gasteiger partial charge in [-0.2, -0.15) is 0 Å². The van der Waals surface area contributed by atoms with Gasteiger partial charge >= 0.3 is 0 Å². The molecular formula is C24H24N2O2S2. The first-order chi connectivity index (χ1) is 14.5. The molecule has 2 aromatic carbocycles. The van der Waals surface area contributed by atoms with Crippen LogP contribution in [0, 0.1) is 0 Å². The minimum absolute atomic E-state index is 0.0478. The van der Waals surface area contributed by atoms with E-state index in [0.717, 1.165) is 27.4 Å². The van der Waals surface area contributed by atoms with Crippen molar-refractivity contribution in [1.29, 1.82) is 0 Å². The fourth-order valence-electron chi connectivity index (χ4n) is 3.70. The number of thiophene rings is 1. The number of hydrogen-bond acceptors (Lipinski definition) is 4. The van der Waals surface area contributed by atoms with E-state index < -0.39 is 0 Å². The molecule has 30 heavy (non-hydrogen) atoms. The molecule has 1 aliphatic heterocycles. The van der Waals surface area contributed by atoms with Gasteiger partial charge in [0.2, 0.25) is 11.8 Å². The molecule has 1 saturated heterocycles. The van der Waals surface area contributed by atoms with Gasteiger partial charge in [0.1, 0.15) is 5.37 Å². The van der Waals surface area contributed by atoms with Crippen LogP contribution in [0.15, 0.2) is 66.0 Å². The van der Waals surface area contributed by atoms with Gasteiger partial charge in [-0.25, -0.2) is 0 Å². The van der Waals surface area contributed by atoms with Gasteiger partial charge in [0.05, 0.1) is 12.2 Å². The van der Waals surface area contributed by atoms with E-state index in [2.05, 4.69) is 25.2 Å². The minimum atomic E-state index is -0.171. The third-order valence-electron chi connectivity index (χ3n) is 5.10. The molecular weight excluding hydrogens is 412 g/mol. The van der Waals surface area contributed by atoms with Gasteiger partial charge in [0.15, 0.2) is 0 Å². The molecule has 0 saturated carbocycles.